The van der Waals surface area contributed by atoms with Crippen LogP contribution < -0.4 is 14.8 Å². The van der Waals surface area contributed by atoms with Crippen molar-refractivity contribution in [1.82, 2.24) is 4.31 Å². The molecule has 0 radical (unpaired) electrons. The normalized spacial score (nSPS) is 16.1. The number of carbonyl (C=O) groups excluding carboxylic acids is 1. The van der Waals surface area contributed by atoms with E-state index >= 15 is 0 Å². The molecule has 0 aliphatic carbocycles. The SMILES string of the molecule is COc1ccc(OC(C)C(=O)Nc2ccc(S(=O)(=O)N3CCCCC3)cc2)cc1. The van der Waals surface area contributed by atoms with Gasteiger partial charge >= 0.3 is 0 Å². The fourth-order valence-electron chi connectivity index (χ4n) is 3.12. The van der Waals surface area contributed by atoms with E-state index in [0.29, 0.717) is 30.3 Å². The van der Waals surface area contributed by atoms with Crippen molar-refractivity contribution in [3.63, 3.8) is 0 Å². The van der Waals surface area contributed by atoms with Crippen molar-refractivity contribution in [3.8, 4) is 11.5 Å². The molecular formula is C21H26N2O5S. The maximum Gasteiger partial charge on any atom is 0.265 e. The third-order valence-corrected chi connectivity index (χ3v) is 6.73. The van der Waals surface area contributed by atoms with Gasteiger partial charge < -0.3 is 14.8 Å². The Morgan fingerprint density at radius 1 is 0.966 bits per heavy atom. The first kappa shape index (κ1) is 21.1. The second-order valence-corrected chi connectivity index (χ2v) is 8.85. The standard InChI is InChI=1S/C21H26N2O5S/c1-16(28-19-10-8-18(27-2)9-11-19)21(24)22-17-6-12-20(13-7-17)29(25,26)23-14-4-3-5-15-23/h6-13,16H,3-5,14-15H2,1-2H3,(H,22,24). The van der Waals surface area contributed by atoms with Gasteiger partial charge in [-0.05, 0) is 68.3 Å². The molecular weight excluding hydrogens is 392 g/mol. The van der Waals surface area contributed by atoms with Gasteiger partial charge in [0.25, 0.3) is 5.91 Å². The minimum absolute atomic E-state index is 0.236. The first-order chi connectivity index (χ1) is 13.9. The number of nitrogens with zero attached hydrogens (tertiary/aromatic N) is 1. The summed E-state index contributed by atoms with van der Waals surface area (Å²) >= 11 is 0. The number of piperidine rings is 1. The van der Waals surface area contributed by atoms with Gasteiger partial charge in [-0.3, -0.25) is 4.79 Å². The predicted octanol–water partition coefficient (Wildman–Crippen LogP) is 3.28. The number of methoxy groups -OCH3 is 1. The molecule has 0 bridgehead atoms. The molecule has 1 heterocycles. The fraction of sp³-hybridized carbons (Fsp3) is 0.381. The molecule has 1 amide bonds. The Kier molecular flexibility index (Phi) is 6.76. The van der Waals surface area contributed by atoms with E-state index in [1.54, 1.807) is 50.4 Å². The van der Waals surface area contributed by atoms with E-state index in [1.807, 2.05) is 0 Å². The molecule has 0 spiro atoms. The number of anilines is 1. The molecule has 1 aliphatic rings. The zero-order chi connectivity index (χ0) is 20.9. The third-order valence-electron chi connectivity index (χ3n) is 4.82. The highest BCUT2D eigenvalue weighted by molar-refractivity contribution is 7.89. The maximum absolute atomic E-state index is 12.7. The van der Waals surface area contributed by atoms with Gasteiger partial charge in [0.1, 0.15) is 11.5 Å². The smallest absolute Gasteiger partial charge is 0.265 e. The van der Waals surface area contributed by atoms with Gasteiger partial charge in [-0.1, -0.05) is 6.42 Å². The van der Waals surface area contributed by atoms with Crippen molar-refractivity contribution >= 4 is 21.6 Å². The van der Waals surface area contributed by atoms with E-state index in [4.69, 9.17) is 9.47 Å². The van der Waals surface area contributed by atoms with Crippen LogP contribution in [-0.4, -0.2) is 44.9 Å². The number of nitrogens with one attached hydrogen (secondary N) is 1. The van der Waals surface area contributed by atoms with Crippen LogP contribution in [0.2, 0.25) is 0 Å². The molecule has 156 valence electrons. The van der Waals surface area contributed by atoms with Gasteiger partial charge in [-0.25, -0.2) is 8.42 Å². The third kappa shape index (κ3) is 5.27. The molecule has 1 saturated heterocycles. The number of hydrogen-bond donors (Lipinski definition) is 1. The van der Waals surface area contributed by atoms with Crippen LogP contribution >= 0.6 is 0 Å². The lowest BCUT2D eigenvalue weighted by molar-refractivity contribution is -0.122. The zero-order valence-corrected chi connectivity index (χ0v) is 17.4. The Morgan fingerprint density at radius 2 is 1.55 bits per heavy atom. The summed E-state index contributed by atoms with van der Waals surface area (Å²) in [5, 5.41) is 2.75. The van der Waals surface area contributed by atoms with Crippen molar-refractivity contribution < 1.29 is 22.7 Å². The summed E-state index contributed by atoms with van der Waals surface area (Å²) in [5.74, 6) is 0.929. The number of amides is 1. The van der Waals surface area contributed by atoms with Gasteiger partial charge in [-0.2, -0.15) is 4.31 Å². The first-order valence-electron chi connectivity index (χ1n) is 9.62. The molecule has 2 aromatic rings. The molecule has 1 N–H and O–H groups in total. The van der Waals surface area contributed by atoms with Crippen molar-refractivity contribution in [1.29, 1.82) is 0 Å². The van der Waals surface area contributed by atoms with Crippen molar-refractivity contribution in [3.05, 3.63) is 48.5 Å². The summed E-state index contributed by atoms with van der Waals surface area (Å²) < 4.78 is 37.6. The summed E-state index contributed by atoms with van der Waals surface area (Å²) in [4.78, 5) is 12.6. The van der Waals surface area contributed by atoms with Crippen LogP contribution in [0.5, 0.6) is 11.5 Å². The largest absolute Gasteiger partial charge is 0.497 e. The number of benzene rings is 2. The lowest BCUT2D eigenvalue weighted by Gasteiger charge is -2.25. The second-order valence-electron chi connectivity index (χ2n) is 6.91. The van der Waals surface area contributed by atoms with E-state index < -0.39 is 16.1 Å². The van der Waals surface area contributed by atoms with Crippen LogP contribution in [0.4, 0.5) is 5.69 Å². The van der Waals surface area contributed by atoms with Crippen molar-refractivity contribution in [2.45, 2.75) is 37.2 Å². The highest BCUT2D eigenvalue weighted by Gasteiger charge is 2.25. The topological polar surface area (TPSA) is 84.9 Å². The maximum atomic E-state index is 12.7. The number of hydrogen-bond acceptors (Lipinski definition) is 5. The summed E-state index contributed by atoms with van der Waals surface area (Å²) in [6.45, 7) is 2.76. The van der Waals surface area contributed by atoms with E-state index in [-0.39, 0.29) is 10.8 Å². The molecule has 7 nitrogen and oxygen atoms in total. The second kappa shape index (κ2) is 9.28. The van der Waals surface area contributed by atoms with Crippen LogP contribution in [0.1, 0.15) is 26.2 Å². The number of sulfonamides is 1. The zero-order valence-electron chi connectivity index (χ0n) is 16.6. The minimum atomic E-state index is -3.48. The van der Waals surface area contributed by atoms with Crippen LogP contribution in [-0.2, 0) is 14.8 Å². The molecule has 0 saturated carbocycles. The molecule has 1 fully saturated rings. The highest BCUT2D eigenvalue weighted by Crippen LogP contribution is 2.22. The molecule has 8 heteroatoms. The molecule has 29 heavy (non-hydrogen) atoms. The summed E-state index contributed by atoms with van der Waals surface area (Å²) in [6, 6.07) is 13.2. The Bertz CT molecular complexity index is 921. The van der Waals surface area contributed by atoms with Crippen LogP contribution in [0.15, 0.2) is 53.4 Å². The summed E-state index contributed by atoms with van der Waals surface area (Å²) in [6.07, 6.45) is 2.12. The monoisotopic (exact) mass is 418 g/mol. The van der Waals surface area contributed by atoms with E-state index in [9.17, 15) is 13.2 Å². The van der Waals surface area contributed by atoms with E-state index in [0.717, 1.165) is 19.3 Å². The van der Waals surface area contributed by atoms with Crippen molar-refractivity contribution in [2.24, 2.45) is 0 Å². The first-order valence-corrected chi connectivity index (χ1v) is 11.1. The van der Waals surface area contributed by atoms with E-state index in [1.165, 1.54) is 16.4 Å². The minimum Gasteiger partial charge on any atom is -0.497 e. The average Bonchev–Trinajstić information content (AvgIpc) is 2.75. The number of carbonyl (C=O) groups is 1. The quantitative estimate of drug-likeness (QED) is 0.746. The molecule has 2 aromatic carbocycles. The molecule has 1 atom stereocenters. The van der Waals surface area contributed by atoms with Gasteiger partial charge in [0.05, 0.1) is 12.0 Å². The van der Waals surface area contributed by atoms with E-state index in [2.05, 4.69) is 5.32 Å². The predicted molar refractivity (Wildman–Crippen MR) is 111 cm³/mol. The van der Waals surface area contributed by atoms with Crippen LogP contribution in [0.25, 0.3) is 0 Å². The molecule has 3 rings (SSSR count). The number of rotatable bonds is 7. The van der Waals surface area contributed by atoms with Crippen molar-refractivity contribution in [2.75, 3.05) is 25.5 Å². The Labute approximate surface area is 171 Å². The van der Waals surface area contributed by atoms with Gasteiger partial charge in [0.2, 0.25) is 10.0 Å². The molecule has 0 aromatic heterocycles. The lowest BCUT2D eigenvalue weighted by Crippen LogP contribution is -2.35. The van der Waals surface area contributed by atoms with Gasteiger partial charge in [-0.15, -0.1) is 0 Å². The summed E-state index contributed by atoms with van der Waals surface area (Å²) in [5.41, 5.74) is 0.512. The van der Waals surface area contributed by atoms with Gasteiger partial charge in [0.15, 0.2) is 6.10 Å². The molecule has 1 aliphatic heterocycles. The number of ether oxygens (including phenoxy) is 2. The lowest BCUT2D eigenvalue weighted by atomic mass is 10.2. The molecule has 1 unspecified atom stereocenters. The van der Waals surface area contributed by atoms with Gasteiger partial charge in [0, 0.05) is 18.8 Å². The van der Waals surface area contributed by atoms with Crippen LogP contribution in [0, 0.1) is 0 Å². The Balaban J connectivity index is 1.60. The fourth-order valence-corrected chi connectivity index (χ4v) is 4.64. The average molecular weight is 419 g/mol. The highest BCUT2D eigenvalue weighted by atomic mass is 32.2. The van der Waals surface area contributed by atoms with Crippen LogP contribution in [0.3, 0.4) is 0 Å². The Hall–Kier alpha value is -2.58. The summed E-state index contributed by atoms with van der Waals surface area (Å²) in [7, 11) is -1.91. The Morgan fingerprint density at radius 3 is 2.14 bits per heavy atom.